The molecule has 3 aromatic rings. The van der Waals surface area contributed by atoms with Crippen LogP contribution in [0.3, 0.4) is 0 Å². The number of hydrogen-bond donors (Lipinski definition) is 1. The van der Waals surface area contributed by atoms with E-state index < -0.39 is 21.5 Å². The van der Waals surface area contributed by atoms with Crippen LogP contribution in [0.2, 0.25) is 0 Å². The number of hydrogen-bond acceptors (Lipinski definition) is 4. The van der Waals surface area contributed by atoms with Crippen molar-refractivity contribution < 1.29 is 13.5 Å². The van der Waals surface area contributed by atoms with Gasteiger partial charge in [0.2, 0.25) is 0 Å². The third-order valence-electron chi connectivity index (χ3n) is 5.67. The van der Waals surface area contributed by atoms with E-state index >= 15 is 0 Å². The highest BCUT2D eigenvalue weighted by molar-refractivity contribution is 7.89. The Morgan fingerprint density at radius 2 is 1.66 bits per heavy atom. The number of nitrogens with zero attached hydrogens (tertiary/aromatic N) is 2. The molecule has 1 N–H and O–H groups in total. The molecule has 1 heterocycles. The molecule has 3 aromatic carbocycles. The Morgan fingerprint density at radius 1 is 1.00 bits per heavy atom. The van der Waals surface area contributed by atoms with Gasteiger partial charge in [-0.25, -0.2) is 0 Å². The van der Waals surface area contributed by atoms with Gasteiger partial charge in [0.05, 0.1) is 23.3 Å². The molecule has 6 heteroatoms. The summed E-state index contributed by atoms with van der Waals surface area (Å²) in [5.41, 5.74) is 1.83. The number of aliphatic hydroxyl groups is 1. The molecule has 0 saturated heterocycles. The first-order valence-corrected chi connectivity index (χ1v) is 11.0. The molecule has 0 fully saturated rings. The van der Waals surface area contributed by atoms with Gasteiger partial charge in [0.1, 0.15) is 0 Å². The van der Waals surface area contributed by atoms with Gasteiger partial charge < -0.3 is 5.11 Å². The zero-order chi connectivity index (χ0) is 20.8. The van der Waals surface area contributed by atoms with Crippen LogP contribution in [-0.4, -0.2) is 36.3 Å². The largest absolute Gasteiger partial charge is 0.394 e. The van der Waals surface area contributed by atoms with E-state index in [-0.39, 0.29) is 11.5 Å². The van der Waals surface area contributed by atoms with Crippen molar-refractivity contribution in [2.75, 3.05) is 6.61 Å². The zero-order valence-electron chi connectivity index (χ0n) is 16.7. The van der Waals surface area contributed by atoms with Crippen molar-refractivity contribution in [3.05, 3.63) is 77.9 Å². The summed E-state index contributed by atoms with van der Waals surface area (Å²) in [5, 5.41) is 16.8. The first-order chi connectivity index (χ1) is 13.7. The van der Waals surface area contributed by atoms with Crippen molar-refractivity contribution in [1.82, 2.24) is 4.41 Å². The van der Waals surface area contributed by atoms with Crippen LogP contribution in [0.25, 0.3) is 10.8 Å². The second kappa shape index (κ2) is 6.97. The Bertz CT molecular complexity index is 1200. The normalized spacial score (nSPS) is 18.8. The Hall–Kier alpha value is -2.70. The van der Waals surface area contributed by atoms with Crippen LogP contribution < -0.4 is 0 Å². The minimum Gasteiger partial charge on any atom is -0.394 e. The predicted octanol–water partition coefficient (Wildman–Crippen LogP) is 3.94. The van der Waals surface area contributed by atoms with Gasteiger partial charge in [-0.1, -0.05) is 67.9 Å². The highest BCUT2D eigenvalue weighted by atomic mass is 32.2. The molecule has 4 rings (SSSR count). The molecular formula is C23H24N2O3S. The van der Waals surface area contributed by atoms with Gasteiger partial charge in [-0.15, -0.1) is 0 Å². The number of aliphatic hydroxyl groups excluding tert-OH is 1. The van der Waals surface area contributed by atoms with E-state index in [0.29, 0.717) is 5.71 Å². The molecule has 1 aliphatic rings. The van der Waals surface area contributed by atoms with Crippen LogP contribution in [0.5, 0.6) is 0 Å². The standard InChI is InChI=1S/C23H24N2O3S/c1-16-8-12-20(13-9-16)29(27,28)25-21(15-26)23(2,3)22(24-25)19-11-10-17-6-4-5-7-18(17)14-19/h4-14,21,26H,15H2,1-3H3. The Kier molecular flexibility index (Phi) is 4.71. The molecule has 5 nitrogen and oxygen atoms in total. The van der Waals surface area contributed by atoms with Gasteiger partial charge >= 0.3 is 0 Å². The summed E-state index contributed by atoms with van der Waals surface area (Å²) in [6.07, 6.45) is 0. The Morgan fingerprint density at radius 3 is 2.31 bits per heavy atom. The highest BCUT2D eigenvalue weighted by Gasteiger charge is 2.49. The first-order valence-electron chi connectivity index (χ1n) is 9.55. The quantitative estimate of drug-likeness (QED) is 0.711. The van der Waals surface area contributed by atoms with Crippen molar-refractivity contribution in [3.8, 4) is 0 Å². The van der Waals surface area contributed by atoms with E-state index in [1.165, 1.54) is 0 Å². The molecule has 0 spiro atoms. The monoisotopic (exact) mass is 408 g/mol. The van der Waals surface area contributed by atoms with Crippen molar-refractivity contribution >= 4 is 26.5 Å². The number of fused-ring (bicyclic) bond motifs is 1. The molecule has 29 heavy (non-hydrogen) atoms. The lowest BCUT2D eigenvalue weighted by Gasteiger charge is -2.31. The molecule has 0 aromatic heterocycles. The summed E-state index contributed by atoms with van der Waals surface area (Å²) in [6.45, 7) is 5.43. The molecule has 1 aliphatic heterocycles. The minimum absolute atomic E-state index is 0.167. The van der Waals surface area contributed by atoms with Gasteiger partial charge in [0.25, 0.3) is 10.0 Å². The van der Waals surface area contributed by atoms with Gasteiger partial charge in [-0.2, -0.15) is 17.9 Å². The number of hydrazone groups is 1. The lowest BCUT2D eigenvalue weighted by atomic mass is 9.78. The minimum atomic E-state index is -3.89. The average Bonchev–Trinajstić information content (AvgIpc) is 2.98. The average molecular weight is 409 g/mol. The zero-order valence-corrected chi connectivity index (χ0v) is 17.5. The van der Waals surface area contributed by atoms with E-state index in [2.05, 4.69) is 5.10 Å². The van der Waals surface area contributed by atoms with E-state index in [0.717, 1.165) is 26.3 Å². The summed E-state index contributed by atoms with van der Waals surface area (Å²) in [5.74, 6) is 0. The van der Waals surface area contributed by atoms with Crippen molar-refractivity contribution in [2.45, 2.75) is 31.7 Å². The summed E-state index contributed by atoms with van der Waals surface area (Å²) in [6, 6.07) is 20.0. The second-order valence-electron chi connectivity index (χ2n) is 8.02. The molecule has 0 radical (unpaired) electrons. The maximum atomic E-state index is 13.3. The topological polar surface area (TPSA) is 70.0 Å². The fraction of sp³-hybridized carbons (Fsp3) is 0.261. The number of aryl methyl sites for hydroxylation is 1. The van der Waals surface area contributed by atoms with Crippen LogP contribution in [0.15, 0.2) is 76.7 Å². The summed E-state index contributed by atoms with van der Waals surface area (Å²) in [7, 11) is -3.89. The number of sulfonamides is 1. The van der Waals surface area contributed by atoms with Crippen molar-refractivity contribution in [1.29, 1.82) is 0 Å². The van der Waals surface area contributed by atoms with E-state index in [1.807, 2.05) is 63.2 Å². The van der Waals surface area contributed by atoms with Gasteiger partial charge in [-0.05, 0) is 41.5 Å². The van der Waals surface area contributed by atoms with Crippen LogP contribution in [-0.2, 0) is 10.0 Å². The molecule has 0 saturated carbocycles. The van der Waals surface area contributed by atoms with Crippen LogP contribution in [0.4, 0.5) is 0 Å². The van der Waals surface area contributed by atoms with Gasteiger partial charge in [0.15, 0.2) is 0 Å². The maximum Gasteiger partial charge on any atom is 0.279 e. The van der Waals surface area contributed by atoms with Crippen molar-refractivity contribution in [3.63, 3.8) is 0 Å². The lowest BCUT2D eigenvalue weighted by Crippen LogP contribution is -2.44. The summed E-state index contributed by atoms with van der Waals surface area (Å²) < 4.78 is 27.7. The second-order valence-corrected chi connectivity index (χ2v) is 9.82. The fourth-order valence-corrected chi connectivity index (χ4v) is 5.39. The molecule has 0 aliphatic carbocycles. The summed E-state index contributed by atoms with van der Waals surface area (Å²) >= 11 is 0. The number of rotatable bonds is 4. The first kappa shape index (κ1) is 19.6. The Balaban J connectivity index is 1.84. The van der Waals surface area contributed by atoms with Gasteiger partial charge in [0, 0.05) is 5.41 Å². The lowest BCUT2D eigenvalue weighted by molar-refractivity contribution is 0.150. The summed E-state index contributed by atoms with van der Waals surface area (Å²) in [4.78, 5) is 0.167. The third-order valence-corrected chi connectivity index (χ3v) is 7.37. The maximum absolute atomic E-state index is 13.3. The van der Waals surface area contributed by atoms with E-state index in [9.17, 15) is 13.5 Å². The van der Waals surface area contributed by atoms with Crippen LogP contribution in [0.1, 0.15) is 25.0 Å². The van der Waals surface area contributed by atoms with E-state index in [1.54, 1.807) is 24.3 Å². The molecule has 1 unspecified atom stereocenters. The fourth-order valence-electron chi connectivity index (χ4n) is 3.83. The van der Waals surface area contributed by atoms with E-state index in [4.69, 9.17) is 0 Å². The SMILES string of the molecule is Cc1ccc(S(=O)(=O)N2N=C(c3ccc4ccccc4c3)C(C)(C)C2CO)cc1. The number of benzene rings is 3. The van der Waals surface area contributed by atoms with Crippen LogP contribution in [0, 0.1) is 12.3 Å². The van der Waals surface area contributed by atoms with Crippen molar-refractivity contribution in [2.24, 2.45) is 10.5 Å². The third kappa shape index (κ3) is 3.22. The van der Waals surface area contributed by atoms with Gasteiger partial charge in [-0.3, -0.25) is 0 Å². The Labute approximate surface area is 171 Å². The smallest absolute Gasteiger partial charge is 0.279 e. The predicted molar refractivity (Wildman–Crippen MR) is 115 cm³/mol. The molecule has 0 amide bonds. The molecular weight excluding hydrogens is 384 g/mol. The molecule has 1 atom stereocenters. The molecule has 0 bridgehead atoms. The highest BCUT2D eigenvalue weighted by Crippen LogP contribution is 2.40. The molecule has 150 valence electrons. The van der Waals surface area contributed by atoms with Crippen LogP contribution >= 0.6 is 0 Å².